The van der Waals surface area contributed by atoms with Gasteiger partial charge in [-0.05, 0) is 58.0 Å². The largest absolute Gasteiger partial charge is 0.308 e. The van der Waals surface area contributed by atoms with Gasteiger partial charge in [-0.1, -0.05) is 30.2 Å². The molecule has 0 bridgehead atoms. The van der Waals surface area contributed by atoms with Crippen molar-refractivity contribution in [1.82, 2.24) is 9.88 Å². The van der Waals surface area contributed by atoms with Crippen molar-refractivity contribution < 1.29 is 4.79 Å². The number of anilines is 1. The predicted molar refractivity (Wildman–Crippen MR) is 109 cm³/mol. The highest BCUT2D eigenvalue weighted by atomic mass is 35.5. The van der Waals surface area contributed by atoms with Gasteiger partial charge in [0.15, 0.2) is 5.13 Å². The lowest BCUT2D eigenvalue weighted by Crippen LogP contribution is -2.39. The lowest BCUT2D eigenvalue weighted by Gasteiger charge is -2.24. The predicted octanol–water partition coefficient (Wildman–Crippen LogP) is 4.42. The van der Waals surface area contributed by atoms with Crippen molar-refractivity contribution in [3.05, 3.63) is 23.3 Å². The SMILES string of the molecule is Cc1ccc2sc(N(CCN(C)C)C(=O)C3CCCC3)nc2c1C.Cl. The van der Waals surface area contributed by atoms with Crippen molar-refractivity contribution in [1.29, 1.82) is 0 Å². The number of hydrogen-bond acceptors (Lipinski definition) is 4. The molecular formula is C19H28ClN3OS. The highest BCUT2D eigenvalue weighted by Crippen LogP contribution is 2.34. The summed E-state index contributed by atoms with van der Waals surface area (Å²) in [7, 11) is 4.09. The molecule has 138 valence electrons. The second-order valence-electron chi connectivity index (χ2n) is 7.13. The van der Waals surface area contributed by atoms with Gasteiger partial charge in [-0.15, -0.1) is 12.4 Å². The Balaban J connectivity index is 0.00000225. The van der Waals surface area contributed by atoms with Gasteiger partial charge in [-0.2, -0.15) is 0 Å². The summed E-state index contributed by atoms with van der Waals surface area (Å²) in [5.41, 5.74) is 3.52. The summed E-state index contributed by atoms with van der Waals surface area (Å²) in [5.74, 6) is 0.449. The van der Waals surface area contributed by atoms with E-state index < -0.39 is 0 Å². The maximum absolute atomic E-state index is 13.1. The molecule has 4 nitrogen and oxygen atoms in total. The molecule has 1 amide bonds. The highest BCUT2D eigenvalue weighted by molar-refractivity contribution is 7.22. The Morgan fingerprint density at radius 3 is 2.52 bits per heavy atom. The number of carbonyl (C=O) groups is 1. The molecular weight excluding hydrogens is 354 g/mol. The summed E-state index contributed by atoms with van der Waals surface area (Å²) in [6.07, 6.45) is 4.41. The number of carbonyl (C=O) groups excluding carboxylic acids is 1. The van der Waals surface area contributed by atoms with Gasteiger partial charge in [-0.3, -0.25) is 9.69 Å². The normalized spacial score (nSPS) is 14.9. The minimum absolute atomic E-state index is 0. The van der Waals surface area contributed by atoms with E-state index in [9.17, 15) is 4.79 Å². The van der Waals surface area contributed by atoms with Crippen molar-refractivity contribution in [2.75, 3.05) is 32.1 Å². The van der Waals surface area contributed by atoms with Crippen LogP contribution < -0.4 is 4.90 Å². The van der Waals surface area contributed by atoms with E-state index in [1.54, 1.807) is 11.3 Å². The Bertz CT molecular complexity index is 738. The Kier molecular flexibility index (Phi) is 6.83. The number of nitrogens with zero attached hydrogens (tertiary/aromatic N) is 3. The van der Waals surface area contributed by atoms with Crippen molar-refractivity contribution in [2.24, 2.45) is 5.92 Å². The zero-order valence-electron chi connectivity index (χ0n) is 15.5. The molecule has 6 heteroatoms. The molecule has 0 unspecified atom stereocenters. The molecule has 0 radical (unpaired) electrons. The molecule has 1 heterocycles. The molecule has 0 spiro atoms. The van der Waals surface area contributed by atoms with Gasteiger partial charge in [0, 0.05) is 19.0 Å². The van der Waals surface area contributed by atoms with Crippen LogP contribution in [0.4, 0.5) is 5.13 Å². The Hall–Kier alpha value is -1.17. The van der Waals surface area contributed by atoms with E-state index >= 15 is 0 Å². The van der Waals surface area contributed by atoms with Gasteiger partial charge in [0.1, 0.15) is 0 Å². The molecule has 1 aliphatic rings. The Morgan fingerprint density at radius 1 is 1.20 bits per heavy atom. The van der Waals surface area contributed by atoms with E-state index in [1.807, 2.05) is 19.0 Å². The minimum Gasteiger partial charge on any atom is -0.308 e. The molecule has 3 rings (SSSR count). The molecule has 1 aromatic heterocycles. The quantitative estimate of drug-likeness (QED) is 0.769. The van der Waals surface area contributed by atoms with Crippen LogP contribution in [-0.4, -0.2) is 43.0 Å². The van der Waals surface area contributed by atoms with Crippen LogP contribution in [0.25, 0.3) is 10.2 Å². The van der Waals surface area contributed by atoms with Crippen molar-refractivity contribution >= 4 is 45.0 Å². The van der Waals surface area contributed by atoms with E-state index in [0.717, 1.165) is 30.0 Å². The summed E-state index contributed by atoms with van der Waals surface area (Å²) in [6, 6.07) is 4.27. The molecule has 1 aliphatic carbocycles. The number of benzene rings is 1. The number of halogens is 1. The number of fused-ring (bicyclic) bond motifs is 1. The molecule has 0 N–H and O–H groups in total. The first kappa shape index (κ1) is 20.1. The summed E-state index contributed by atoms with van der Waals surface area (Å²) < 4.78 is 1.17. The van der Waals surface area contributed by atoms with Crippen LogP contribution in [0.3, 0.4) is 0 Å². The van der Waals surface area contributed by atoms with Gasteiger partial charge in [0.05, 0.1) is 10.2 Å². The van der Waals surface area contributed by atoms with E-state index in [1.165, 1.54) is 28.7 Å². The van der Waals surface area contributed by atoms with Gasteiger partial charge in [0.25, 0.3) is 0 Å². The number of rotatable bonds is 5. The first-order valence-electron chi connectivity index (χ1n) is 8.80. The smallest absolute Gasteiger partial charge is 0.231 e. The standard InChI is InChI=1S/C19H27N3OS.ClH/c1-13-9-10-16-17(14(13)2)20-19(24-16)22(12-11-21(3)4)18(23)15-7-5-6-8-15;/h9-10,15H,5-8,11-12H2,1-4H3;1H. The van der Waals surface area contributed by atoms with Gasteiger partial charge < -0.3 is 4.90 Å². The van der Waals surface area contributed by atoms with Gasteiger partial charge in [0.2, 0.25) is 5.91 Å². The van der Waals surface area contributed by atoms with Crippen LogP contribution in [0.2, 0.25) is 0 Å². The Labute approximate surface area is 160 Å². The van der Waals surface area contributed by atoms with E-state index in [0.29, 0.717) is 6.54 Å². The maximum atomic E-state index is 13.1. The average Bonchev–Trinajstić information content (AvgIpc) is 3.20. The van der Waals surface area contributed by atoms with E-state index in [-0.39, 0.29) is 24.2 Å². The van der Waals surface area contributed by atoms with Crippen LogP contribution in [0.15, 0.2) is 12.1 Å². The first-order valence-corrected chi connectivity index (χ1v) is 9.62. The summed E-state index contributed by atoms with van der Waals surface area (Å²) in [4.78, 5) is 22.0. The summed E-state index contributed by atoms with van der Waals surface area (Å²) >= 11 is 1.64. The Morgan fingerprint density at radius 2 is 1.88 bits per heavy atom. The van der Waals surface area contributed by atoms with Crippen LogP contribution in [-0.2, 0) is 4.79 Å². The minimum atomic E-state index is 0. The third-order valence-electron chi connectivity index (χ3n) is 5.05. The number of hydrogen-bond donors (Lipinski definition) is 0. The number of thiazole rings is 1. The molecule has 1 aromatic carbocycles. The van der Waals surface area contributed by atoms with Crippen LogP contribution >= 0.6 is 23.7 Å². The summed E-state index contributed by atoms with van der Waals surface area (Å²) in [6.45, 7) is 5.79. The fourth-order valence-corrected chi connectivity index (χ4v) is 4.38. The van der Waals surface area contributed by atoms with Crippen LogP contribution in [0.1, 0.15) is 36.8 Å². The number of amides is 1. The lowest BCUT2D eigenvalue weighted by molar-refractivity contribution is -0.122. The fourth-order valence-electron chi connectivity index (χ4n) is 3.32. The topological polar surface area (TPSA) is 36.4 Å². The fraction of sp³-hybridized carbons (Fsp3) is 0.579. The van der Waals surface area contributed by atoms with Crippen LogP contribution in [0, 0.1) is 19.8 Å². The molecule has 0 aliphatic heterocycles. The molecule has 0 atom stereocenters. The number of aryl methyl sites for hydroxylation is 2. The van der Waals surface area contributed by atoms with Crippen molar-refractivity contribution in [2.45, 2.75) is 39.5 Å². The highest BCUT2D eigenvalue weighted by Gasteiger charge is 2.29. The van der Waals surface area contributed by atoms with Gasteiger partial charge >= 0.3 is 0 Å². The van der Waals surface area contributed by atoms with E-state index in [4.69, 9.17) is 4.98 Å². The van der Waals surface area contributed by atoms with Crippen LogP contribution in [0.5, 0.6) is 0 Å². The average molecular weight is 382 g/mol. The second-order valence-corrected chi connectivity index (χ2v) is 8.13. The lowest BCUT2D eigenvalue weighted by atomic mass is 10.1. The first-order chi connectivity index (χ1) is 11.5. The molecule has 1 fully saturated rings. The maximum Gasteiger partial charge on any atom is 0.231 e. The monoisotopic (exact) mass is 381 g/mol. The third-order valence-corrected chi connectivity index (χ3v) is 6.09. The zero-order chi connectivity index (χ0) is 17.3. The number of likely N-dealkylation sites (N-methyl/N-ethyl adjacent to an activating group) is 1. The molecule has 25 heavy (non-hydrogen) atoms. The zero-order valence-corrected chi connectivity index (χ0v) is 17.2. The van der Waals surface area contributed by atoms with Gasteiger partial charge in [-0.25, -0.2) is 4.98 Å². The second kappa shape index (κ2) is 8.47. The van der Waals surface area contributed by atoms with Crippen molar-refractivity contribution in [3.8, 4) is 0 Å². The molecule has 1 saturated carbocycles. The third kappa shape index (κ3) is 4.33. The number of aromatic nitrogens is 1. The molecule has 0 saturated heterocycles. The molecule has 2 aromatic rings. The summed E-state index contributed by atoms with van der Waals surface area (Å²) in [5, 5.41) is 0.859. The van der Waals surface area contributed by atoms with E-state index in [2.05, 4.69) is 30.9 Å². The van der Waals surface area contributed by atoms with Crippen molar-refractivity contribution in [3.63, 3.8) is 0 Å².